The predicted octanol–water partition coefficient (Wildman–Crippen LogP) is 2.78. The number of nitriles is 1. The van der Waals surface area contributed by atoms with Crippen molar-refractivity contribution in [2.24, 2.45) is 10.8 Å². The molecule has 0 aliphatic rings. The van der Waals surface area contributed by atoms with Crippen molar-refractivity contribution in [2.45, 2.75) is 13.8 Å². The lowest BCUT2D eigenvalue weighted by atomic mass is 10.1. The van der Waals surface area contributed by atoms with Crippen LogP contribution in [0.4, 0.5) is 11.4 Å². The van der Waals surface area contributed by atoms with Crippen molar-refractivity contribution in [2.75, 3.05) is 10.7 Å². The summed E-state index contributed by atoms with van der Waals surface area (Å²) >= 11 is 0. The van der Waals surface area contributed by atoms with Crippen LogP contribution in [0, 0.1) is 30.6 Å². The summed E-state index contributed by atoms with van der Waals surface area (Å²) in [4.78, 5) is 12.5. The number of nitrogens with one attached hydrogen (secondary N) is 3. The maximum Gasteiger partial charge on any atom is 0.257 e. The van der Waals surface area contributed by atoms with Crippen LogP contribution in [0.2, 0.25) is 0 Å². The van der Waals surface area contributed by atoms with Gasteiger partial charge in [0.25, 0.3) is 5.91 Å². The number of hydrazone groups is 1. The number of amides is 1. The van der Waals surface area contributed by atoms with Crippen molar-refractivity contribution < 1.29 is 4.79 Å². The minimum Gasteiger partial charge on any atom is -0.382 e. The molecular formula is C18H18N6O. The smallest absolute Gasteiger partial charge is 0.257 e. The summed E-state index contributed by atoms with van der Waals surface area (Å²) in [6.45, 7) is 3.97. The number of carbonyl (C=O) groups excluding carboxylic acids is 1. The standard InChI is InChI=1S/C18H18N6O/c1-11-7-8-13(9-12(11)2)22-18(25)14-5-3-4-6-15(14)23-24-16(10-19)17(20)21/h3-9,23H,1-2H3,(H3,20,21)(H,22,25)/b24-16+. The van der Waals surface area contributed by atoms with Crippen LogP contribution in [-0.2, 0) is 0 Å². The van der Waals surface area contributed by atoms with E-state index in [-0.39, 0.29) is 11.6 Å². The van der Waals surface area contributed by atoms with Gasteiger partial charge in [0.2, 0.25) is 5.71 Å². The fourth-order valence-electron chi connectivity index (χ4n) is 2.06. The van der Waals surface area contributed by atoms with Crippen molar-refractivity contribution in [3.8, 4) is 6.07 Å². The van der Waals surface area contributed by atoms with Gasteiger partial charge in [-0.05, 0) is 49.2 Å². The summed E-state index contributed by atoms with van der Waals surface area (Å²) in [6, 6.07) is 14.1. The third-order valence-electron chi connectivity index (χ3n) is 3.59. The van der Waals surface area contributed by atoms with E-state index in [0.29, 0.717) is 16.9 Å². The van der Waals surface area contributed by atoms with E-state index in [2.05, 4.69) is 15.8 Å². The zero-order valence-electron chi connectivity index (χ0n) is 13.9. The number of para-hydroxylation sites is 1. The Labute approximate surface area is 145 Å². The molecule has 0 atom stereocenters. The van der Waals surface area contributed by atoms with Crippen molar-refractivity contribution in [3.05, 3.63) is 59.2 Å². The molecule has 0 saturated carbocycles. The van der Waals surface area contributed by atoms with E-state index in [4.69, 9.17) is 16.4 Å². The largest absolute Gasteiger partial charge is 0.382 e. The van der Waals surface area contributed by atoms with E-state index in [1.54, 1.807) is 30.3 Å². The van der Waals surface area contributed by atoms with Gasteiger partial charge >= 0.3 is 0 Å². The Morgan fingerprint density at radius 1 is 1.20 bits per heavy atom. The van der Waals surface area contributed by atoms with Gasteiger partial charge in [0.15, 0.2) is 5.84 Å². The minimum atomic E-state index is -0.452. The first-order chi connectivity index (χ1) is 11.9. The molecule has 0 spiro atoms. The number of amidine groups is 1. The minimum absolute atomic E-state index is 0.260. The highest BCUT2D eigenvalue weighted by Crippen LogP contribution is 2.19. The number of rotatable bonds is 5. The third kappa shape index (κ3) is 4.42. The number of aryl methyl sites for hydroxylation is 2. The Balaban J connectivity index is 2.24. The number of hydrogen-bond acceptors (Lipinski definition) is 5. The van der Waals surface area contributed by atoms with Gasteiger partial charge in [-0.2, -0.15) is 10.4 Å². The van der Waals surface area contributed by atoms with Crippen LogP contribution in [0.15, 0.2) is 47.6 Å². The zero-order chi connectivity index (χ0) is 18.4. The summed E-state index contributed by atoms with van der Waals surface area (Å²) in [5.41, 5.74) is 11.3. The molecule has 126 valence electrons. The molecule has 0 heterocycles. The van der Waals surface area contributed by atoms with Crippen molar-refractivity contribution >= 4 is 28.8 Å². The Bertz CT molecular complexity index is 895. The monoisotopic (exact) mass is 334 g/mol. The predicted molar refractivity (Wildman–Crippen MR) is 98.9 cm³/mol. The van der Waals surface area contributed by atoms with Gasteiger partial charge in [-0.15, -0.1) is 0 Å². The maximum atomic E-state index is 12.5. The Hall–Kier alpha value is -3.66. The molecule has 0 unspecified atom stereocenters. The average Bonchev–Trinajstić information content (AvgIpc) is 2.58. The van der Waals surface area contributed by atoms with Gasteiger partial charge in [-0.3, -0.25) is 15.6 Å². The molecule has 0 aliphatic carbocycles. The molecule has 0 aliphatic heterocycles. The number of hydrogen-bond donors (Lipinski definition) is 4. The van der Waals surface area contributed by atoms with E-state index >= 15 is 0 Å². The van der Waals surface area contributed by atoms with Crippen LogP contribution in [-0.4, -0.2) is 17.5 Å². The lowest BCUT2D eigenvalue weighted by Crippen LogP contribution is -2.22. The highest BCUT2D eigenvalue weighted by atomic mass is 16.1. The van der Waals surface area contributed by atoms with E-state index in [1.165, 1.54) is 0 Å². The SMILES string of the molecule is Cc1ccc(NC(=O)c2ccccc2N/N=C(\C#N)C(=N)N)cc1C. The average molecular weight is 334 g/mol. The second-order valence-corrected chi connectivity index (χ2v) is 5.40. The topological polar surface area (TPSA) is 127 Å². The molecule has 0 saturated heterocycles. The van der Waals surface area contributed by atoms with Crippen molar-refractivity contribution in [3.63, 3.8) is 0 Å². The second kappa shape index (κ2) is 7.75. The number of carbonyl (C=O) groups is 1. The number of anilines is 2. The van der Waals surface area contributed by atoms with E-state index in [9.17, 15) is 4.79 Å². The normalized spacial score (nSPS) is 10.7. The zero-order valence-corrected chi connectivity index (χ0v) is 13.9. The summed E-state index contributed by atoms with van der Waals surface area (Å²) in [6.07, 6.45) is 0. The van der Waals surface area contributed by atoms with Crippen LogP contribution in [0.25, 0.3) is 0 Å². The number of nitrogens with zero attached hydrogens (tertiary/aromatic N) is 2. The Morgan fingerprint density at radius 3 is 2.56 bits per heavy atom. The highest BCUT2D eigenvalue weighted by molar-refractivity contribution is 6.45. The molecular weight excluding hydrogens is 316 g/mol. The van der Waals surface area contributed by atoms with Crippen LogP contribution in [0.5, 0.6) is 0 Å². The fraction of sp³-hybridized carbons (Fsp3) is 0.111. The molecule has 0 aromatic heterocycles. The molecule has 2 rings (SSSR count). The van der Waals surface area contributed by atoms with E-state index < -0.39 is 5.84 Å². The van der Waals surface area contributed by atoms with Gasteiger partial charge in [-0.1, -0.05) is 18.2 Å². The quantitative estimate of drug-likeness (QED) is 0.381. The molecule has 7 heteroatoms. The van der Waals surface area contributed by atoms with Crippen LogP contribution < -0.4 is 16.5 Å². The molecule has 2 aromatic carbocycles. The van der Waals surface area contributed by atoms with Gasteiger partial charge in [-0.25, -0.2) is 0 Å². The molecule has 2 aromatic rings. The molecule has 1 amide bonds. The number of nitrogens with two attached hydrogens (primary N) is 1. The summed E-state index contributed by atoms with van der Waals surface area (Å²) in [5.74, 6) is -0.769. The van der Waals surface area contributed by atoms with Crippen molar-refractivity contribution in [1.29, 1.82) is 10.7 Å². The molecule has 0 radical (unpaired) electrons. The van der Waals surface area contributed by atoms with Gasteiger partial charge < -0.3 is 11.1 Å². The van der Waals surface area contributed by atoms with Gasteiger partial charge in [0.1, 0.15) is 6.07 Å². The van der Waals surface area contributed by atoms with Crippen LogP contribution in [0.1, 0.15) is 21.5 Å². The van der Waals surface area contributed by atoms with Crippen LogP contribution in [0.3, 0.4) is 0 Å². The Kier molecular flexibility index (Phi) is 5.48. The molecule has 5 N–H and O–H groups in total. The molecule has 0 fully saturated rings. The van der Waals surface area contributed by atoms with Gasteiger partial charge in [0.05, 0.1) is 11.3 Å². The van der Waals surface area contributed by atoms with Gasteiger partial charge in [0, 0.05) is 5.69 Å². The van der Waals surface area contributed by atoms with Crippen molar-refractivity contribution in [1.82, 2.24) is 0 Å². The highest BCUT2D eigenvalue weighted by Gasteiger charge is 2.12. The first kappa shape index (κ1) is 17.7. The first-order valence-electron chi connectivity index (χ1n) is 7.48. The Morgan fingerprint density at radius 2 is 1.92 bits per heavy atom. The summed E-state index contributed by atoms with van der Waals surface area (Å²) in [5, 5.41) is 22.7. The molecule has 25 heavy (non-hydrogen) atoms. The number of benzene rings is 2. The first-order valence-corrected chi connectivity index (χ1v) is 7.48. The molecule has 7 nitrogen and oxygen atoms in total. The van der Waals surface area contributed by atoms with Crippen LogP contribution >= 0.6 is 0 Å². The summed E-state index contributed by atoms with van der Waals surface area (Å²) in [7, 11) is 0. The fourth-order valence-corrected chi connectivity index (χ4v) is 2.06. The lowest BCUT2D eigenvalue weighted by molar-refractivity contribution is 0.102. The summed E-state index contributed by atoms with van der Waals surface area (Å²) < 4.78 is 0. The van der Waals surface area contributed by atoms with E-state index in [1.807, 2.05) is 32.0 Å². The second-order valence-electron chi connectivity index (χ2n) is 5.40. The van der Waals surface area contributed by atoms with E-state index in [0.717, 1.165) is 11.1 Å². The maximum absolute atomic E-state index is 12.5. The third-order valence-corrected chi connectivity index (χ3v) is 3.59. The molecule has 0 bridgehead atoms. The lowest BCUT2D eigenvalue weighted by Gasteiger charge is -2.11.